The first-order chi connectivity index (χ1) is 7.91. The number of hydrogen-bond acceptors (Lipinski definition) is 0. The summed E-state index contributed by atoms with van der Waals surface area (Å²) in [4.78, 5) is 0. The third-order valence-corrected chi connectivity index (χ3v) is 2.16. The summed E-state index contributed by atoms with van der Waals surface area (Å²) in [7, 11) is 0. The molecule has 0 N–H and O–H groups in total. The second kappa shape index (κ2) is 13.7. The van der Waals surface area contributed by atoms with Gasteiger partial charge in [0.2, 0.25) is 0 Å². The van der Waals surface area contributed by atoms with Crippen molar-refractivity contribution in [3.63, 3.8) is 0 Å². The molecule has 0 aromatic heterocycles. The molecule has 0 aliphatic heterocycles. The fraction of sp³-hybridized carbons (Fsp3) is 0.438. The average Bonchev–Trinajstić information content (AvgIpc) is 2.31. The topological polar surface area (TPSA) is 0 Å². The Morgan fingerprint density at radius 1 is 0.938 bits per heavy atom. The first kappa shape index (κ1) is 14.7. The summed E-state index contributed by atoms with van der Waals surface area (Å²) in [5.74, 6) is 0. The lowest BCUT2D eigenvalue weighted by atomic mass is 10.1. The molecule has 0 rings (SSSR count). The van der Waals surface area contributed by atoms with Gasteiger partial charge < -0.3 is 0 Å². The molecule has 0 atom stereocenters. The van der Waals surface area contributed by atoms with E-state index in [9.17, 15) is 0 Å². The molecular formula is C16H24. The average molecular weight is 216 g/mol. The van der Waals surface area contributed by atoms with E-state index in [2.05, 4.69) is 37.5 Å². The normalized spacial score (nSPS) is 10.6. The lowest BCUT2D eigenvalue weighted by Gasteiger charge is -1.92. The van der Waals surface area contributed by atoms with Gasteiger partial charge in [-0.05, 0) is 44.3 Å². The lowest BCUT2D eigenvalue weighted by Crippen LogP contribution is -1.72. The highest BCUT2D eigenvalue weighted by atomic mass is 13.9. The van der Waals surface area contributed by atoms with Gasteiger partial charge >= 0.3 is 0 Å². The fourth-order valence-corrected chi connectivity index (χ4v) is 1.27. The minimum absolute atomic E-state index is 1.16. The predicted octanol–water partition coefficient (Wildman–Crippen LogP) is 5.36. The van der Waals surface area contributed by atoms with E-state index in [0.29, 0.717) is 0 Å². The highest BCUT2D eigenvalue weighted by Crippen LogP contribution is 2.02. The molecule has 0 aliphatic rings. The Morgan fingerprint density at radius 3 is 2.31 bits per heavy atom. The molecule has 0 amide bonds. The molecule has 0 heteroatoms. The van der Waals surface area contributed by atoms with E-state index in [1.807, 2.05) is 18.2 Å². The minimum Gasteiger partial charge on any atom is -0.121 e. The molecule has 0 aromatic carbocycles. The van der Waals surface area contributed by atoms with Gasteiger partial charge in [-0.3, -0.25) is 0 Å². The van der Waals surface area contributed by atoms with E-state index in [-0.39, 0.29) is 0 Å². The van der Waals surface area contributed by atoms with Crippen LogP contribution in [0.15, 0.2) is 54.8 Å². The smallest absolute Gasteiger partial charge is 0.0203 e. The van der Waals surface area contributed by atoms with Gasteiger partial charge in [-0.25, -0.2) is 0 Å². The first-order valence-electron chi connectivity index (χ1n) is 6.25. The maximum Gasteiger partial charge on any atom is -0.0203 e. The number of hydrogen-bond donors (Lipinski definition) is 0. The van der Waals surface area contributed by atoms with E-state index in [0.717, 1.165) is 6.42 Å². The van der Waals surface area contributed by atoms with Crippen molar-refractivity contribution >= 4 is 0 Å². The standard InChI is InChI=1S/C16H24/c1-3-5-7-9-11-13-15-16-14-12-10-8-6-4-2/h3,5,8-11,13H,1,4,6,12,14-16H2,2H3. The van der Waals surface area contributed by atoms with Crippen LogP contribution in [0.25, 0.3) is 0 Å². The zero-order chi connectivity index (χ0) is 11.9. The molecule has 0 saturated heterocycles. The quantitative estimate of drug-likeness (QED) is 0.211. The zero-order valence-corrected chi connectivity index (χ0v) is 10.5. The maximum absolute atomic E-state index is 3.58. The van der Waals surface area contributed by atoms with Crippen molar-refractivity contribution < 1.29 is 0 Å². The van der Waals surface area contributed by atoms with Gasteiger partial charge in [0.25, 0.3) is 0 Å². The maximum atomic E-state index is 3.58. The summed E-state index contributed by atoms with van der Waals surface area (Å²) in [6, 6.07) is 0. The Kier molecular flexibility index (Phi) is 12.7. The molecule has 0 spiro atoms. The Balaban J connectivity index is 3.33. The molecule has 0 bridgehead atoms. The van der Waals surface area contributed by atoms with Crippen LogP contribution in [0.4, 0.5) is 0 Å². The Labute approximate surface area is 101 Å². The lowest BCUT2D eigenvalue weighted by molar-refractivity contribution is 0.759. The van der Waals surface area contributed by atoms with Crippen LogP contribution in [0.1, 0.15) is 45.4 Å². The van der Waals surface area contributed by atoms with Crippen molar-refractivity contribution in [2.24, 2.45) is 0 Å². The zero-order valence-electron chi connectivity index (χ0n) is 10.5. The molecule has 0 nitrogen and oxygen atoms in total. The van der Waals surface area contributed by atoms with Crippen LogP contribution in [-0.2, 0) is 0 Å². The Hall–Kier alpha value is -1.26. The van der Waals surface area contributed by atoms with Crippen LogP contribution < -0.4 is 0 Å². The number of allylic oxidation sites excluding steroid dienone is 6. The van der Waals surface area contributed by atoms with Gasteiger partial charge in [0, 0.05) is 0 Å². The fourth-order valence-electron chi connectivity index (χ4n) is 1.27. The molecule has 16 heavy (non-hydrogen) atoms. The van der Waals surface area contributed by atoms with E-state index in [4.69, 9.17) is 0 Å². The van der Waals surface area contributed by atoms with Crippen molar-refractivity contribution in [2.75, 3.05) is 0 Å². The largest absolute Gasteiger partial charge is 0.121 e. The molecule has 0 saturated carbocycles. The summed E-state index contributed by atoms with van der Waals surface area (Å²) in [5.41, 5.74) is 2.99. The second-order valence-corrected chi connectivity index (χ2v) is 3.71. The monoisotopic (exact) mass is 216 g/mol. The highest BCUT2D eigenvalue weighted by Gasteiger charge is 1.82. The van der Waals surface area contributed by atoms with E-state index < -0.39 is 0 Å². The van der Waals surface area contributed by atoms with Crippen molar-refractivity contribution in [2.45, 2.75) is 45.4 Å². The SMILES string of the molecule is C=CC=C=CC=CCCCCC=CCCC. The third kappa shape index (κ3) is 12.7. The predicted molar refractivity (Wildman–Crippen MR) is 74.5 cm³/mol. The minimum atomic E-state index is 1.16. The first-order valence-corrected chi connectivity index (χ1v) is 6.25. The summed E-state index contributed by atoms with van der Waals surface area (Å²) in [6.07, 6.45) is 21.7. The van der Waals surface area contributed by atoms with Gasteiger partial charge in [0.05, 0.1) is 0 Å². The van der Waals surface area contributed by atoms with Crippen molar-refractivity contribution in [1.29, 1.82) is 0 Å². The molecule has 88 valence electrons. The summed E-state index contributed by atoms with van der Waals surface area (Å²) in [5, 5.41) is 0. The van der Waals surface area contributed by atoms with Gasteiger partial charge in [0.1, 0.15) is 0 Å². The molecule has 0 radical (unpaired) electrons. The molecule has 0 aliphatic carbocycles. The summed E-state index contributed by atoms with van der Waals surface area (Å²) < 4.78 is 0. The van der Waals surface area contributed by atoms with E-state index in [1.165, 1.54) is 32.1 Å². The van der Waals surface area contributed by atoms with Crippen LogP contribution in [0.5, 0.6) is 0 Å². The Bertz CT molecular complexity index is 260. The van der Waals surface area contributed by atoms with Crippen LogP contribution in [-0.4, -0.2) is 0 Å². The summed E-state index contributed by atoms with van der Waals surface area (Å²) in [6.45, 7) is 5.79. The van der Waals surface area contributed by atoms with Gasteiger partial charge in [0.15, 0.2) is 0 Å². The van der Waals surface area contributed by atoms with Crippen LogP contribution in [0, 0.1) is 0 Å². The van der Waals surface area contributed by atoms with E-state index in [1.54, 1.807) is 6.08 Å². The van der Waals surface area contributed by atoms with Gasteiger partial charge in [-0.1, -0.05) is 50.3 Å². The van der Waals surface area contributed by atoms with Crippen molar-refractivity contribution in [1.82, 2.24) is 0 Å². The molecule has 0 fully saturated rings. The third-order valence-electron chi connectivity index (χ3n) is 2.16. The van der Waals surface area contributed by atoms with Crippen LogP contribution >= 0.6 is 0 Å². The Morgan fingerprint density at radius 2 is 1.62 bits per heavy atom. The number of rotatable bonds is 9. The van der Waals surface area contributed by atoms with Crippen LogP contribution in [0.2, 0.25) is 0 Å². The molecule has 0 aromatic rings. The van der Waals surface area contributed by atoms with Crippen molar-refractivity contribution in [3.05, 3.63) is 54.8 Å². The van der Waals surface area contributed by atoms with Gasteiger partial charge in [-0.15, -0.1) is 5.73 Å². The van der Waals surface area contributed by atoms with Crippen LogP contribution in [0.3, 0.4) is 0 Å². The molecule has 0 heterocycles. The van der Waals surface area contributed by atoms with Crippen molar-refractivity contribution in [3.8, 4) is 0 Å². The van der Waals surface area contributed by atoms with Gasteiger partial charge in [-0.2, -0.15) is 0 Å². The highest BCUT2D eigenvalue weighted by molar-refractivity contribution is 5.06. The molecule has 0 unspecified atom stereocenters. The second-order valence-electron chi connectivity index (χ2n) is 3.71. The number of unbranched alkanes of at least 4 members (excludes halogenated alkanes) is 4. The summed E-state index contributed by atoms with van der Waals surface area (Å²) >= 11 is 0. The van der Waals surface area contributed by atoms with E-state index >= 15 is 0 Å². The molecular weight excluding hydrogens is 192 g/mol.